The van der Waals surface area contributed by atoms with Crippen LogP contribution in [0.1, 0.15) is 5.69 Å². The fourth-order valence-corrected chi connectivity index (χ4v) is 3.66. The molecule has 0 aromatic carbocycles. The van der Waals surface area contributed by atoms with E-state index in [9.17, 15) is 0 Å². The number of thiophene rings is 1. The van der Waals surface area contributed by atoms with Gasteiger partial charge < -0.3 is 5.73 Å². The number of anilines is 1. The van der Waals surface area contributed by atoms with Gasteiger partial charge in [-0.1, -0.05) is 0 Å². The summed E-state index contributed by atoms with van der Waals surface area (Å²) < 4.78 is 2.91. The van der Waals surface area contributed by atoms with Crippen LogP contribution < -0.4 is 5.73 Å². The molecule has 0 radical (unpaired) electrons. The standard InChI is InChI=1S/C16H14N6S/c1-9-11(7-21-22(9)2)13-5-12-16(23-13)15(20-8-19-12)10-3-4-14(17)18-6-10/h3-8H,1-2H3,(H2,17,18). The van der Waals surface area contributed by atoms with Crippen LogP contribution in [-0.2, 0) is 7.05 Å². The second kappa shape index (κ2) is 5.13. The van der Waals surface area contributed by atoms with Gasteiger partial charge in [0.2, 0.25) is 0 Å². The first-order chi connectivity index (χ1) is 11.1. The Kier molecular flexibility index (Phi) is 3.09. The van der Waals surface area contributed by atoms with Crippen LogP contribution in [0.25, 0.3) is 31.9 Å². The normalized spacial score (nSPS) is 11.2. The summed E-state index contributed by atoms with van der Waals surface area (Å²) in [5.41, 5.74) is 10.6. The topological polar surface area (TPSA) is 82.5 Å². The molecule has 0 aliphatic carbocycles. The molecule has 0 amide bonds. The molecule has 114 valence electrons. The molecule has 0 aliphatic heterocycles. The van der Waals surface area contributed by atoms with E-state index >= 15 is 0 Å². The smallest absolute Gasteiger partial charge is 0.123 e. The molecule has 0 atom stereocenters. The van der Waals surface area contributed by atoms with Gasteiger partial charge in [-0.05, 0) is 25.1 Å². The number of nitrogen functional groups attached to an aromatic ring is 1. The highest BCUT2D eigenvalue weighted by molar-refractivity contribution is 7.22. The van der Waals surface area contributed by atoms with Gasteiger partial charge in [0.1, 0.15) is 12.1 Å². The summed E-state index contributed by atoms with van der Waals surface area (Å²) in [4.78, 5) is 14.1. The number of rotatable bonds is 2. The van der Waals surface area contributed by atoms with Gasteiger partial charge in [-0.25, -0.2) is 15.0 Å². The highest BCUT2D eigenvalue weighted by atomic mass is 32.1. The minimum Gasteiger partial charge on any atom is -0.384 e. The number of aryl methyl sites for hydroxylation is 1. The number of fused-ring (bicyclic) bond motifs is 1. The van der Waals surface area contributed by atoms with Gasteiger partial charge in [0, 0.05) is 34.9 Å². The number of aromatic nitrogens is 5. The van der Waals surface area contributed by atoms with Gasteiger partial charge in [0.05, 0.1) is 22.1 Å². The zero-order valence-corrected chi connectivity index (χ0v) is 13.5. The quantitative estimate of drug-likeness (QED) is 0.613. The number of hydrogen-bond donors (Lipinski definition) is 1. The van der Waals surface area contributed by atoms with Gasteiger partial charge in [-0.15, -0.1) is 11.3 Å². The van der Waals surface area contributed by atoms with Crippen LogP contribution in [0, 0.1) is 6.92 Å². The van der Waals surface area contributed by atoms with Crippen molar-refractivity contribution >= 4 is 27.4 Å². The Labute approximate surface area is 136 Å². The van der Waals surface area contributed by atoms with Crippen molar-refractivity contribution in [2.24, 2.45) is 7.05 Å². The van der Waals surface area contributed by atoms with Crippen molar-refractivity contribution in [1.29, 1.82) is 0 Å². The molecule has 23 heavy (non-hydrogen) atoms. The third-order valence-electron chi connectivity index (χ3n) is 3.87. The molecule has 0 saturated heterocycles. The third-order valence-corrected chi connectivity index (χ3v) is 5.04. The van der Waals surface area contributed by atoms with Gasteiger partial charge in [-0.3, -0.25) is 4.68 Å². The van der Waals surface area contributed by atoms with E-state index in [2.05, 4.69) is 33.0 Å². The van der Waals surface area contributed by atoms with Crippen molar-refractivity contribution in [2.75, 3.05) is 5.73 Å². The van der Waals surface area contributed by atoms with Crippen LogP contribution >= 0.6 is 11.3 Å². The number of nitrogens with two attached hydrogens (primary N) is 1. The van der Waals surface area contributed by atoms with E-state index in [-0.39, 0.29) is 0 Å². The molecule has 4 aromatic rings. The van der Waals surface area contributed by atoms with Crippen LogP contribution in [-0.4, -0.2) is 24.7 Å². The maximum atomic E-state index is 5.67. The third kappa shape index (κ3) is 2.25. The zero-order chi connectivity index (χ0) is 16.0. The average Bonchev–Trinajstić information content (AvgIpc) is 3.12. The molecule has 2 N–H and O–H groups in total. The van der Waals surface area contributed by atoms with Crippen molar-refractivity contribution in [3.8, 4) is 21.7 Å². The summed E-state index contributed by atoms with van der Waals surface area (Å²) in [5, 5.41) is 4.32. The summed E-state index contributed by atoms with van der Waals surface area (Å²) in [6.45, 7) is 2.06. The van der Waals surface area contributed by atoms with Crippen molar-refractivity contribution in [3.63, 3.8) is 0 Å². The lowest BCUT2D eigenvalue weighted by Gasteiger charge is -2.01. The first-order valence-electron chi connectivity index (χ1n) is 7.09. The Morgan fingerprint density at radius 2 is 2.00 bits per heavy atom. The molecule has 7 heteroatoms. The van der Waals surface area contributed by atoms with E-state index < -0.39 is 0 Å². The molecular weight excluding hydrogens is 308 g/mol. The fraction of sp³-hybridized carbons (Fsp3) is 0.125. The maximum absolute atomic E-state index is 5.67. The Morgan fingerprint density at radius 3 is 2.70 bits per heavy atom. The molecule has 0 saturated carbocycles. The average molecular weight is 322 g/mol. The second-order valence-electron chi connectivity index (χ2n) is 5.29. The molecule has 0 bridgehead atoms. The van der Waals surface area contributed by atoms with Crippen LogP contribution in [0.4, 0.5) is 5.82 Å². The molecular formula is C16H14N6S. The number of nitrogens with zero attached hydrogens (tertiary/aromatic N) is 5. The van der Waals surface area contributed by atoms with Gasteiger partial charge in [0.25, 0.3) is 0 Å². The van der Waals surface area contributed by atoms with Gasteiger partial charge in [0.15, 0.2) is 0 Å². The van der Waals surface area contributed by atoms with Crippen molar-refractivity contribution < 1.29 is 0 Å². The highest BCUT2D eigenvalue weighted by Crippen LogP contribution is 2.37. The highest BCUT2D eigenvalue weighted by Gasteiger charge is 2.14. The summed E-state index contributed by atoms with van der Waals surface area (Å²) in [6, 6.07) is 5.79. The number of pyridine rings is 1. The van der Waals surface area contributed by atoms with E-state index in [4.69, 9.17) is 5.73 Å². The first-order valence-corrected chi connectivity index (χ1v) is 7.90. The van der Waals surface area contributed by atoms with Crippen molar-refractivity contribution in [1.82, 2.24) is 24.7 Å². The predicted molar refractivity (Wildman–Crippen MR) is 92.0 cm³/mol. The van der Waals surface area contributed by atoms with Gasteiger partial charge in [-0.2, -0.15) is 5.10 Å². The largest absolute Gasteiger partial charge is 0.384 e. The van der Waals surface area contributed by atoms with Crippen LogP contribution in [0.3, 0.4) is 0 Å². The predicted octanol–water partition coefficient (Wildman–Crippen LogP) is 3.04. The molecule has 0 fully saturated rings. The first kappa shape index (κ1) is 13.8. The van der Waals surface area contributed by atoms with Crippen LogP contribution in [0.2, 0.25) is 0 Å². The van der Waals surface area contributed by atoms with Crippen molar-refractivity contribution in [2.45, 2.75) is 6.92 Å². The second-order valence-corrected chi connectivity index (χ2v) is 6.34. The molecule has 0 spiro atoms. The van der Waals surface area contributed by atoms with Crippen LogP contribution in [0.15, 0.2) is 36.9 Å². The van der Waals surface area contributed by atoms with Crippen molar-refractivity contribution in [3.05, 3.63) is 42.6 Å². The Morgan fingerprint density at radius 1 is 1.13 bits per heavy atom. The lowest BCUT2D eigenvalue weighted by molar-refractivity contribution is 0.740. The zero-order valence-electron chi connectivity index (χ0n) is 12.7. The monoisotopic (exact) mass is 322 g/mol. The minimum atomic E-state index is 0.497. The Balaban J connectivity index is 1.91. The van der Waals surface area contributed by atoms with E-state index in [1.807, 2.05) is 24.0 Å². The SMILES string of the molecule is Cc1c(-c2cc3ncnc(-c4ccc(N)nc4)c3s2)cnn1C. The maximum Gasteiger partial charge on any atom is 0.123 e. The Hall–Kier alpha value is -2.80. The number of hydrogen-bond acceptors (Lipinski definition) is 6. The molecule has 0 aliphatic rings. The lowest BCUT2D eigenvalue weighted by atomic mass is 10.2. The molecule has 0 unspecified atom stereocenters. The molecule has 6 nitrogen and oxygen atoms in total. The minimum absolute atomic E-state index is 0.497. The molecule has 4 heterocycles. The van der Waals surface area contributed by atoms with E-state index in [0.29, 0.717) is 5.82 Å². The molecule has 4 aromatic heterocycles. The lowest BCUT2D eigenvalue weighted by Crippen LogP contribution is -1.91. The summed E-state index contributed by atoms with van der Waals surface area (Å²) in [5.74, 6) is 0.497. The van der Waals surface area contributed by atoms with Gasteiger partial charge >= 0.3 is 0 Å². The summed E-state index contributed by atoms with van der Waals surface area (Å²) >= 11 is 1.67. The summed E-state index contributed by atoms with van der Waals surface area (Å²) in [6.07, 6.45) is 5.21. The fourth-order valence-electron chi connectivity index (χ4n) is 2.48. The van der Waals surface area contributed by atoms with Crippen LogP contribution in [0.5, 0.6) is 0 Å². The summed E-state index contributed by atoms with van der Waals surface area (Å²) in [7, 11) is 1.94. The van der Waals surface area contributed by atoms with E-state index in [1.165, 1.54) is 0 Å². The Bertz CT molecular complexity index is 999. The van der Waals surface area contributed by atoms with E-state index in [1.54, 1.807) is 29.9 Å². The molecule has 4 rings (SSSR count). The van der Waals surface area contributed by atoms with E-state index in [0.717, 1.165) is 37.6 Å².